The largest absolute Gasteiger partial charge is 0.328 e. The molecule has 0 aliphatic carbocycles. The van der Waals surface area contributed by atoms with Gasteiger partial charge >= 0.3 is 11.8 Å². The maximum atomic E-state index is 12.2. The van der Waals surface area contributed by atoms with E-state index < -0.39 is 5.91 Å². The van der Waals surface area contributed by atoms with Crippen molar-refractivity contribution in [1.29, 1.82) is 0 Å². The van der Waals surface area contributed by atoms with Crippen molar-refractivity contribution in [3.8, 4) is 11.4 Å². The number of hydrogen-bond acceptors (Lipinski definition) is 5. The molecule has 3 rings (SSSR count). The maximum Gasteiger partial charge on any atom is 0.316 e. The van der Waals surface area contributed by atoms with E-state index in [4.69, 9.17) is 4.52 Å². The Morgan fingerprint density at radius 1 is 1.26 bits per heavy atom. The molecule has 0 aliphatic heterocycles. The summed E-state index contributed by atoms with van der Waals surface area (Å²) < 4.78 is 6.79. The number of rotatable bonds is 4. The van der Waals surface area contributed by atoms with Crippen LogP contribution in [-0.4, -0.2) is 25.8 Å². The second kappa shape index (κ2) is 6.04. The monoisotopic (exact) mass is 311 g/mol. The zero-order valence-electron chi connectivity index (χ0n) is 13.1. The SMILES string of the molecule is CC(C)c1nn(C)cc1-c1noc(C(=O)Nc2ccccc2)n1. The van der Waals surface area contributed by atoms with Crippen molar-refractivity contribution in [3.63, 3.8) is 0 Å². The molecule has 2 heterocycles. The highest BCUT2D eigenvalue weighted by Crippen LogP contribution is 2.25. The zero-order valence-corrected chi connectivity index (χ0v) is 13.1. The summed E-state index contributed by atoms with van der Waals surface area (Å²) in [5, 5.41) is 11.0. The average molecular weight is 311 g/mol. The van der Waals surface area contributed by atoms with Crippen LogP contribution in [0, 0.1) is 0 Å². The molecular weight excluding hydrogens is 294 g/mol. The van der Waals surface area contributed by atoms with Gasteiger partial charge in [-0.3, -0.25) is 9.48 Å². The second-order valence-electron chi connectivity index (χ2n) is 5.50. The quantitative estimate of drug-likeness (QED) is 0.800. The van der Waals surface area contributed by atoms with Gasteiger partial charge in [-0.2, -0.15) is 10.1 Å². The van der Waals surface area contributed by atoms with Gasteiger partial charge in [0, 0.05) is 18.9 Å². The first kappa shape index (κ1) is 15.0. The lowest BCUT2D eigenvalue weighted by Crippen LogP contribution is -2.12. The Kier molecular flexibility index (Phi) is 3.92. The number of amides is 1. The summed E-state index contributed by atoms with van der Waals surface area (Å²) >= 11 is 0. The molecule has 1 amide bonds. The summed E-state index contributed by atoms with van der Waals surface area (Å²) in [4.78, 5) is 16.3. The molecule has 7 heteroatoms. The van der Waals surface area contributed by atoms with E-state index in [1.54, 1.807) is 16.8 Å². The number of aromatic nitrogens is 4. The van der Waals surface area contributed by atoms with Crippen molar-refractivity contribution in [3.05, 3.63) is 48.1 Å². The number of carbonyl (C=O) groups excluding carboxylic acids is 1. The molecule has 3 aromatic rings. The molecule has 0 radical (unpaired) electrons. The Hall–Kier alpha value is -2.96. The third-order valence-corrected chi connectivity index (χ3v) is 3.30. The van der Waals surface area contributed by atoms with E-state index >= 15 is 0 Å². The molecule has 23 heavy (non-hydrogen) atoms. The molecule has 0 bridgehead atoms. The third kappa shape index (κ3) is 3.13. The lowest BCUT2D eigenvalue weighted by atomic mass is 10.1. The van der Waals surface area contributed by atoms with Gasteiger partial charge in [0.05, 0.1) is 11.3 Å². The van der Waals surface area contributed by atoms with E-state index in [9.17, 15) is 4.79 Å². The van der Waals surface area contributed by atoms with Gasteiger partial charge in [-0.1, -0.05) is 37.2 Å². The van der Waals surface area contributed by atoms with Crippen molar-refractivity contribution < 1.29 is 9.32 Å². The minimum Gasteiger partial charge on any atom is -0.328 e. The standard InChI is InChI=1S/C16H17N5O2/c1-10(2)13-12(9-21(3)19-13)14-18-16(23-20-14)15(22)17-11-7-5-4-6-8-11/h4-10H,1-3H3,(H,17,22). The molecule has 1 N–H and O–H groups in total. The van der Waals surface area contributed by atoms with Crippen LogP contribution in [0.3, 0.4) is 0 Å². The van der Waals surface area contributed by atoms with Gasteiger partial charge < -0.3 is 9.84 Å². The van der Waals surface area contributed by atoms with Crippen molar-refractivity contribution in [2.75, 3.05) is 5.32 Å². The molecule has 7 nitrogen and oxygen atoms in total. The predicted molar refractivity (Wildman–Crippen MR) is 85.0 cm³/mol. The van der Waals surface area contributed by atoms with Crippen LogP contribution in [0.2, 0.25) is 0 Å². The number of aryl methyl sites for hydroxylation is 1. The molecule has 118 valence electrons. The number of nitrogens with zero attached hydrogens (tertiary/aromatic N) is 4. The highest BCUT2D eigenvalue weighted by Gasteiger charge is 2.21. The Morgan fingerprint density at radius 3 is 2.70 bits per heavy atom. The highest BCUT2D eigenvalue weighted by atomic mass is 16.5. The lowest BCUT2D eigenvalue weighted by molar-refractivity contribution is 0.0981. The van der Waals surface area contributed by atoms with Crippen molar-refractivity contribution in [1.82, 2.24) is 19.9 Å². The summed E-state index contributed by atoms with van der Waals surface area (Å²) in [7, 11) is 1.83. The Balaban J connectivity index is 1.85. The Morgan fingerprint density at radius 2 is 2.00 bits per heavy atom. The number of carbonyl (C=O) groups is 1. The number of benzene rings is 1. The predicted octanol–water partition coefficient (Wildman–Crippen LogP) is 2.85. The van der Waals surface area contributed by atoms with Gasteiger partial charge in [0.2, 0.25) is 5.82 Å². The summed E-state index contributed by atoms with van der Waals surface area (Å²) in [5.41, 5.74) is 2.30. The summed E-state index contributed by atoms with van der Waals surface area (Å²) in [6.07, 6.45) is 1.82. The molecule has 0 aliphatic rings. The van der Waals surface area contributed by atoms with Crippen LogP contribution in [0.4, 0.5) is 5.69 Å². The van der Waals surface area contributed by atoms with Crippen LogP contribution in [0.1, 0.15) is 36.1 Å². The van der Waals surface area contributed by atoms with Crippen molar-refractivity contribution >= 4 is 11.6 Å². The fraction of sp³-hybridized carbons (Fsp3) is 0.250. The normalized spacial score (nSPS) is 11.0. The molecule has 0 saturated heterocycles. The minimum absolute atomic E-state index is 0.0811. The summed E-state index contributed by atoms with van der Waals surface area (Å²) in [6.45, 7) is 4.07. The third-order valence-electron chi connectivity index (χ3n) is 3.30. The Labute approximate surface area is 133 Å². The fourth-order valence-electron chi connectivity index (χ4n) is 2.24. The van der Waals surface area contributed by atoms with E-state index in [1.807, 2.05) is 45.3 Å². The van der Waals surface area contributed by atoms with E-state index in [0.29, 0.717) is 11.5 Å². The van der Waals surface area contributed by atoms with E-state index in [0.717, 1.165) is 11.3 Å². The number of nitrogens with one attached hydrogen (secondary N) is 1. The van der Waals surface area contributed by atoms with E-state index in [2.05, 4.69) is 20.6 Å². The summed E-state index contributed by atoms with van der Waals surface area (Å²) in [6, 6.07) is 9.11. The van der Waals surface area contributed by atoms with Gasteiger partial charge in [0.25, 0.3) is 0 Å². The molecule has 0 atom stereocenters. The van der Waals surface area contributed by atoms with Crippen LogP contribution in [0.5, 0.6) is 0 Å². The zero-order chi connectivity index (χ0) is 16.4. The second-order valence-corrected chi connectivity index (χ2v) is 5.50. The number of anilines is 1. The lowest BCUT2D eigenvalue weighted by Gasteiger charge is -2.01. The highest BCUT2D eigenvalue weighted by molar-refractivity contribution is 6.01. The van der Waals surface area contributed by atoms with Crippen LogP contribution in [0.15, 0.2) is 41.1 Å². The molecule has 1 aromatic carbocycles. The molecule has 2 aromatic heterocycles. The molecule has 0 fully saturated rings. The van der Waals surface area contributed by atoms with Crippen LogP contribution < -0.4 is 5.32 Å². The van der Waals surface area contributed by atoms with Crippen molar-refractivity contribution in [2.24, 2.45) is 7.05 Å². The van der Waals surface area contributed by atoms with Gasteiger partial charge in [-0.15, -0.1) is 0 Å². The fourth-order valence-corrected chi connectivity index (χ4v) is 2.24. The number of para-hydroxylation sites is 1. The smallest absolute Gasteiger partial charge is 0.316 e. The molecular formula is C16H17N5O2. The van der Waals surface area contributed by atoms with Crippen LogP contribution in [-0.2, 0) is 7.05 Å². The number of hydrogen-bond donors (Lipinski definition) is 1. The average Bonchev–Trinajstić information content (AvgIpc) is 3.14. The van der Waals surface area contributed by atoms with E-state index in [-0.39, 0.29) is 11.8 Å². The van der Waals surface area contributed by atoms with Gasteiger partial charge in [-0.25, -0.2) is 0 Å². The maximum absolute atomic E-state index is 12.2. The molecule has 0 unspecified atom stereocenters. The first-order valence-corrected chi connectivity index (χ1v) is 7.28. The van der Waals surface area contributed by atoms with Gasteiger partial charge in [0.15, 0.2) is 0 Å². The first-order chi connectivity index (χ1) is 11.0. The van der Waals surface area contributed by atoms with Crippen LogP contribution in [0.25, 0.3) is 11.4 Å². The minimum atomic E-state index is -0.440. The Bertz CT molecular complexity index is 820. The van der Waals surface area contributed by atoms with Gasteiger partial charge in [-0.05, 0) is 18.1 Å². The molecule has 0 saturated carbocycles. The van der Waals surface area contributed by atoms with Gasteiger partial charge in [0.1, 0.15) is 0 Å². The van der Waals surface area contributed by atoms with Crippen molar-refractivity contribution in [2.45, 2.75) is 19.8 Å². The summed E-state index contributed by atoms with van der Waals surface area (Å²) in [5.74, 6) is 0.0543. The molecule has 0 spiro atoms. The van der Waals surface area contributed by atoms with E-state index in [1.165, 1.54) is 0 Å². The topological polar surface area (TPSA) is 85.8 Å². The first-order valence-electron chi connectivity index (χ1n) is 7.28. The van der Waals surface area contributed by atoms with Crippen LogP contribution >= 0.6 is 0 Å².